The van der Waals surface area contributed by atoms with Gasteiger partial charge in [0, 0.05) is 25.0 Å². The standard InChI is InChI=1S/C12H19BrN2O2S/c1-10(2)15(3)18(16,17)14-9-12-6-4-5-11(7-12)8-13/h4-7,10,14H,8-9H2,1-3H3. The van der Waals surface area contributed by atoms with Crippen LogP contribution in [0.15, 0.2) is 24.3 Å². The fraction of sp³-hybridized carbons (Fsp3) is 0.500. The van der Waals surface area contributed by atoms with Gasteiger partial charge in [-0.2, -0.15) is 17.4 Å². The Morgan fingerprint density at radius 1 is 1.33 bits per heavy atom. The maximum atomic E-state index is 11.9. The monoisotopic (exact) mass is 334 g/mol. The van der Waals surface area contributed by atoms with Gasteiger partial charge in [0.05, 0.1) is 0 Å². The highest BCUT2D eigenvalue weighted by atomic mass is 79.9. The molecule has 0 saturated carbocycles. The van der Waals surface area contributed by atoms with Crippen molar-refractivity contribution in [3.05, 3.63) is 35.4 Å². The van der Waals surface area contributed by atoms with Crippen LogP contribution in [0.5, 0.6) is 0 Å². The van der Waals surface area contributed by atoms with E-state index in [9.17, 15) is 8.42 Å². The van der Waals surface area contributed by atoms with Gasteiger partial charge in [-0.15, -0.1) is 0 Å². The van der Waals surface area contributed by atoms with E-state index in [1.54, 1.807) is 7.05 Å². The van der Waals surface area contributed by atoms with Crippen LogP contribution >= 0.6 is 15.9 Å². The summed E-state index contributed by atoms with van der Waals surface area (Å²) in [5.74, 6) is 0. The maximum absolute atomic E-state index is 11.9. The quantitative estimate of drug-likeness (QED) is 0.811. The number of alkyl halides is 1. The molecule has 18 heavy (non-hydrogen) atoms. The van der Waals surface area contributed by atoms with Crippen LogP contribution in [0, 0.1) is 0 Å². The predicted octanol–water partition coefficient (Wildman–Crippen LogP) is 2.26. The van der Waals surface area contributed by atoms with Gasteiger partial charge in [0.2, 0.25) is 0 Å². The molecule has 4 nitrogen and oxygen atoms in total. The Balaban J connectivity index is 2.70. The summed E-state index contributed by atoms with van der Waals surface area (Å²) in [6, 6.07) is 7.74. The number of hydrogen-bond acceptors (Lipinski definition) is 2. The lowest BCUT2D eigenvalue weighted by atomic mass is 10.1. The molecule has 0 bridgehead atoms. The molecular formula is C12H19BrN2O2S. The molecule has 1 aromatic rings. The summed E-state index contributed by atoms with van der Waals surface area (Å²) in [5.41, 5.74) is 2.08. The molecule has 1 rings (SSSR count). The van der Waals surface area contributed by atoms with Crippen molar-refractivity contribution in [1.29, 1.82) is 0 Å². The molecule has 0 spiro atoms. The lowest BCUT2D eigenvalue weighted by Crippen LogP contribution is -2.41. The first-order valence-electron chi connectivity index (χ1n) is 5.73. The van der Waals surface area contributed by atoms with E-state index in [0.717, 1.165) is 16.5 Å². The zero-order valence-electron chi connectivity index (χ0n) is 10.9. The highest BCUT2D eigenvalue weighted by Gasteiger charge is 2.19. The van der Waals surface area contributed by atoms with E-state index in [1.165, 1.54) is 4.31 Å². The Hall–Kier alpha value is -0.430. The van der Waals surface area contributed by atoms with Crippen LogP contribution in [-0.2, 0) is 22.1 Å². The third kappa shape index (κ3) is 4.35. The Labute approximate surface area is 118 Å². The highest BCUT2D eigenvalue weighted by Crippen LogP contribution is 2.09. The number of hydrogen-bond donors (Lipinski definition) is 1. The molecule has 0 radical (unpaired) electrons. The summed E-state index contributed by atoms with van der Waals surface area (Å²) < 4.78 is 27.7. The van der Waals surface area contributed by atoms with Gasteiger partial charge < -0.3 is 0 Å². The Kier molecular flexibility index (Phi) is 5.78. The van der Waals surface area contributed by atoms with Crippen molar-refractivity contribution < 1.29 is 8.42 Å². The smallest absolute Gasteiger partial charge is 0.198 e. The molecule has 0 fully saturated rings. The van der Waals surface area contributed by atoms with Gasteiger partial charge in [-0.25, -0.2) is 0 Å². The fourth-order valence-electron chi connectivity index (χ4n) is 1.38. The molecule has 0 aliphatic carbocycles. The van der Waals surface area contributed by atoms with Crippen molar-refractivity contribution in [3.8, 4) is 0 Å². The Morgan fingerprint density at radius 3 is 2.50 bits per heavy atom. The van der Waals surface area contributed by atoms with Crippen LogP contribution in [0.3, 0.4) is 0 Å². The average molecular weight is 335 g/mol. The van der Waals surface area contributed by atoms with Crippen molar-refractivity contribution >= 4 is 26.1 Å². The van der Waals surface area contributed by atoms with Crippen LogP contribution < -0.4 is 4.72 Å². The van der Waals surface area contributed by atoms with E-state index in [1.807, 2.05) is 38.1 Å². The molecule has 1 N–H and O–H groups in total. The van der Waals surface area contributed by atoms with Crippen LogP contribution in [0.4, 0.5) is 0 Å². The summed E-state index contributed by atoms with van der Waals surface area (Å²) in [5, 5.41) is 0.763. The third-order valence-electron chi connectivity index (χ3n) is 2.71. The van der Waals surface area contributed by atoms with Crippen LogP contribution in [0.1, 0.15) is 25.0 Å². The molecule has 0 amide bonds. The first kappa shape index (κ1) is 15.6. The predicted molar refractivity (Wildman–Crippen MR) is 77.7 cm³/mol. The lowest BCUT2D eigenvalue weighted by molar-refractivity contribution is 0.402. The Bertz CT molecular complexity index is 489. The summed E-state index contributed by atoms with van der Waals surface area (Å²) in [7, 11) is -1.83. The van der Waals surface area contributed by atoms with Gasteiger partial charge >= 0.3 is 0 Å². The normalized spacial score (nSPS) is 12.3. The van der Waals surface area contributed by atoms with E-state index in [4.69, 9.17) is 0 Å². The SMILES string of the molecule is CC(C)N(C)S(=O)(=O)NCc1cccc(CBr)c1. The summed E-state index contributed by atoms with van der Waals surface area (Å²) in [6.07, 6.45) is 0. The highest BCUT2D eigenvalue weighted by molar-refractivity contribution is 9.08. The topological polar surface area (TPSA) is 49.4 Å². The number of benzene rings is 1. The van der Waals surface area contributed by atoms with Gasteiger partial charge in [-0.3, -0.25) is 0 Å². The zero-order chi connectivity index (χ0) is 13.8. The summed E-state index contributed by atoms with van der Waals surface area (Å²) in [6.45, 7) is 3.98. The summed E-state index contributed by atoms with van der Waals surface area (Å²) >= 11 is 3.38. The second kappa shape index (κ2) is 6.65. The van der Waals surface area contributed by atoms with Gasteiger partial charge in [-0.1, -0.05) is 40.2 Å². The van der Waals surface area contributed by atoms with Crippen molar-refractivity contribution in [2.45, 2.75) is 31.8 Å². The van der Waals surface area contributed by atoms with Crippen molar-refractivity contribution in [1.82, 2.24) is 9.03 Å². The molecule has 0 atom stereocenters. The van der Waals surface area contributed by atoms with Crippen LogP contribution in [0.2, 0.25) is 0 Å². The fourth-order valence-corrected chi connectivity index (χ4v) is 2.83. The van der Waals surface area contributed by atoms with E-state index >= 15 is 0 Å². The molecule has 102 valence electrons. The van der Waals surface area contributed by atoms with Gasteiger partial charge in [0.1, 0.15) is 0 Å². The van der Waals surface area contributed by atoms with Gasteiger partial charge in [0.15, 0.2) is 0 Å². The second-order valence-corrected chi connectivity index (χ2v) is 6.77. The molecule has 0 aromatic heterocycles. The van der Waals surface area contributed by atoms with E-state index in [-0.39, 0.29) is 6.04 Å². The van der Waals surface area contributed by atoms with Gasteiger partial charge in [0.25, 0.3) is 10.2 Å². The maximum Gasteiger partial charge on any atom is 0.279 e. The minimum absolute atomic E-state index is 0.0589. The van der Waals surface area contributed by atoms with E-state index in [0.29, 0.717) is 6.54 Å². The number of nitrogens with zero attached hydrogens (tertiary/aromatic N) is 1. The molecule has 6 heteroatoms. The van der Waals surface area contributed by atoms with Crippen molar-refractivity contribution in [2.24, 2.45) is 0 Å². The molecule has 0 aliphatic rings. The first-order valence-corrected chi connectivity index (χ1v) is 8.29. The summed E-state index contributed by atoms with van der Waals surface area (Å²) in [4.78, 5) is 0. The first-order chi connectivity index (χ1) is 8.36. The van der Waals surface area contributed by atoms with Crippen LogP contribution in [-0.4, -0.2) is 25.8 Å². The van der Waals surface area contributed by atoms with Gasteiger partial charge in [-0.05, 0) is 25.0 Å². The second-order valence-electron chi connectivity index (χ2n) is 4.39. The van der Waals surface area contributed by atoms with E-state index in [2.05, 4.69) is 20.7 Å². The molecule has 0 unspecified atom stereocenters. The van der Waals surface area contributed by atoms with Crippen LogP contribution in [0.25, 0.3) is 0 Å². The third-order valence-corrected chi connectivity index (χ3v) is 5.05. The molecule has 0 heterocycles. The zero-order valence-corrected chi connectivity index (χ0v) is 13.3. The average Bonchev–Trinajstić information content (AvgIpc) is 2.35. The number of rotatable bonds is 6. The minimum Gasteiger partial charge on any atom is -0.198 e. The molecular weight excluding hydrogens is 316 g/mol. The number of nitrogens with one attached hydrogen (secondary N) is 1. The Morgan fingerprint density at radius 2 is 1.94 bits per heavy atom. The largest absolute Gasteiger partial charge is 0.279 e. The minimum atomic E-state index is -3.41. The number of halogens is 1. The molecule has 0 saturated heterocycles. The molecule has 0 aliphatic heterocycles. The van der Waals surface area contributed by atoms with Crippen molar-refractivity contribution in [3.63, 3.8) is 0 Å². The molecule has 1 aromatic carbocycles. The lowest BCUT2D eigenvalue weighted by Gasteiger charge is -2.21. The van der Waals surface area contributed by atoms with Crippen molar-refractivity contribution in [2.75, 3.05) is 7.05 Å². The van der Waals surface area contributed by atoms with E-state index < -0.39 is 10.2 Å².